The maximum absolute atomic E-state index is 5.40. The highest BCUT2D eigenvalue weighted by Gasteiger charge is 2.32. The molecular weight excluding hydrogens is 276 g/mol. The fraction of sp³-hybridized carbons (Fsp3) is 0.300. The number of furan rings is 1. The second-order valence-electron chi connectivity index (χ2n) is 3.65. The minimum absolute atomic E-state index is 0.410. The highest BCUT2D eigenvalue weighted by molar-refractivity contribution is 9.10. The van der Waals surface area contributed by atoms with E-state index in [-0.39, 0.29) is 0 Å². The molecule has 0 aromatic carbocycles. The Kier molecular flexibility index (Phi) is 2.10. The molecule has 0 saturated carbocycles. The third kappa shape index (κ3) is 1.33. The summed E-state index contributed by atoms with van der Waals surface area (Å²) in [4.78, 5) is 7.64. The summed E-state index contributed by atoms with van der Waals surface area (Å²) in [6, 6.07) is 0. The van der Waals surface area contributed by atoms with Gasteiger partial charge in [-0.25, -0.2) is 0 Å². The van der Waals surface area contributed by atoms with Crippen LogP contribution in [0.1, 0.15) is 16.4 Å². The Morgan fingerprint density at radius 1 is 1.67 bits per heavy atom. The van der Waals surface area contributed by atoms with Gasteiger partial charge in [0.25, 0.3) is 0 Å². The molecular formula is C10H9BrN2OS. The lowest BCUT2D eigenvalue weighted by molar-refractivity contribution is 0.532. The van der Waals surface area contributed by atoms with Crippen molar-refractivity contribution in [2.45, 2.75) is 5.92 Å². The van der Waals surface area contributed by atoms with Gasteiger partial charge in [0.2, 0.25) is 0 Å². The Hall–Kier alpha value is -0.810. The van der Waals surface area contributed by atoms with Crippen LogP contribution >= 0.6 is 27.3 Å². The van der Waals surface area contributed by atoms with Crippen LogP contribution in [0.4, 0.5) is 5.69 Å². The largest absolute Gasteiger partial charge is 0.455 e. The van der Waals surface area contributed by atoms with E-state index in [1.165, 1.54) is 16.1 Å². The smallest absolute Gasteiger partial charge is 0.192 e. The molecule has 1 unspecified atom stereocenters. The van der Waals surface area contributed by atoms with Crippen molar-refractivity contribution >= 4 is 33.0 Å². The number of halogens is 1. The number of hydrogen-bond acceptors (Lipinski definition) is 4. The van der Waals surface area contributed by atoms with Crippen LogP contribution in [0.2, 0.25) is 0 Å². The summed E-state index contributed by atoms with van der Waals surface area (Å²) in [5.74, 6) is 0.410. The van der Waals surface area contributed by atoms with Gasteiger partial charge in [-0.15, -0.1) is 11.3 Å². The fourth-order valence-corrected chi connectivity index (χ4v) is 3.42. The van der Waals surface area contributed by atoms with E-state index in [9.17, 15) is 0 Å². The molecule has 3 nitrogen and oxygen atoms in total. The van der Waals surface area contributed by atoms with Gasteiger partial charge in [-0.2, -0.15) is 0 Å². The van der Waals surface area contributed by atoms with E-state index in [1.54, 1.807) is 11.3 Å². The van der Waals surface area contributed by atoms with Gasteiger partial charge in [0, 0.05) is 36.1 Å². The molecule has 0 bridgehead atoms. The minimum atomic E-state index is 0.410. The first-order valence-corrected chi connectivity index (χ1v) is 6.31. The van der Waals surface area contributed by atoms with Crippen molar-refractivity contribution in [3.05, 3.63) is 33.1 Å². The molecule has 0 N–H and O–H groups in total. The average Bonchev–Trinajstić information content (AvgIpc) is 2.86. The number of nitrogens with zero attached hydrogens (tertiary/aromatic N) is 2. The molecule has 1 aliphatic heterocycles. The zero-order valence-electron chi connectivity index (χ0n) is 8.11. The number of likely N-dealkylation sites (N-methyl/N-ethyl adjacent to an activating group) is 1. The van der Waals surface area contributed by atoms with Gasteiger partial charge in [0.1, 0.15) is 0 Å². The van der Waals surface area contributed by atoms with Crippen LogP contribution < -0.4 is 4.90 Å². The Balaban J connectivity index is 2.09. The molecule has 0 saturated heterocycles. The summed E-state index contributed by atoms with van der Waals surface area (Å²) in [7, 11) is 2.08. The molecule has 2 aromatic rings. The normalized spacial score (nSPS) is 19.6. The molecule has 1 aliphatic rings. The average molecular weight is 285 g/mol. The van der Waals surface area contributed by atoms with E-state index in [4.69, 9.17) is 4.42 Å². The Labute approximate surface area is 99.9 Å². The number of rotatable bonds is 1. The number of fused-ring (bicyclic) bond motifs is 1. The van der Waals surface area contributed by atoms with Gasteiger partial charge in [0.15, 0.2) is 4.67 Å². The zero-order valence-corrected chi connectivity index (χ0v) is 10.5. The molecule has 0 fully saturated rings. The maximum Gasteiger partial charge on any atom is 0.192 e. The molecule has 1 atom stereocenters. The molecule has 3 heterocycles. The predicted molar refractivity (Wildman–Crippen MR) is 63.6 cm³/mol. The summed E-state index contributed by atoms with van der Waals surface area (Å²) in [6.45, 7) is 1.00. The third-order valence-electron chi connectivity index (χ3n) is 2.76. The first-order valence-electron chi connectivity index (χ1n) is 4.64. The van der Waals surface area contributed by atoms with Gasteiger partial charge in [-0.1, -0.05) is 0 Å². The number of hydrogen-bond donors (Lipinski definition) is 0. The number of aromatic nitrogens is 1. The van der Waals surface area contributed by atoms with E-state index in [0.29, 0.717) is 5.92 Å². The van der Waals surface area contributed by atoms with Crippen molar-refractivity contribution in [3.63, 3.8) is 0 Å². The van der Waals surface area contributed by atoms with E-state index in [1.807, 2.05) is 18.0 Å². The molecule has 0 amide bonds. The summed E-state index contributed by atoms with van der Waals surface area (Å²) < 4.78 is 6.22. The van der Waals surface area contributed by atoms with Crippen LogP contribution in [-0.4, -0.2) is 18.6 Å². The van der Waals surface area contributed by atoms with Crippen molar-refractivity contribution in [1.29, 1.82) is 0 Å². The van der Waals surface area contributed by atoms with Gasteiger partial charge >= 0.3 is 0 Å². The molecule has 5 heteroatoms. The lowest BCUT2D eigenvalue weighted by Gasteiger charge is -2.12. The monoisotopic (exact) mass is 284 g/mol. The molecule has 0 radical (unpaired) electrons. The molecule has 3 rings (SSSR count). The summed E-state index contributed by atoms with van der Waals surface area (Å²) in [5.41, 5.74) is 4.31. The second-order valence-corrected chi connectivity index (χ2v) is 5.29. The highest BCUT2D eigenvalue weighted by Crippen LogP contribution is 2.45. The van der Waals surface area contributed by atoms with Crippen molar-refractivity contribution in [2.24, 2.45) is 0 Å². The van der Waals surface area contributed by atoms with Crippen LogP contribution in [0, 0.1) is 0 Å². The SMILES string of the molecule is CN1CC(c2cncs2)c2coc(Br)c21. The van der Waals surface area contributed by atoms with Crippen LogP contribution in [0.5, 0.6) is 0 Å². The number of thiazole rings is 1. The zero-order chi connectivity index (χ0) is 10.4. The maximum atomic E-state index is 5.40. The van der Waals surface area contributed by atoms with Crippen LogP contribution in [0.25, 0.3) is 0 Å². The first kappa shape index (κ1) is 9.42. The van der Waals surface area contributed by atoms with Crippen LogP contribution in [0.3, 0.4) is 0 Å². The Morgan fingerprint density at radius 3 is 3.27 bits per heavy atom. The Bertz CT molecular complexity index is 480. The van der Waals surface area contributed by atoms with E-state index in [0.717, 1.165) is 11.2 Å². The minimum Gasteiger partial charge on any atom is -0.455 e. The number of anilines is 1. The second kappa shape index (κ2) is 3.35. The Morgan fingerprint density at radius 2 is 2.53 bits per heavy atom. The van der Waals surface area contributed by atoms with Gasteiger partial charge in [0.05, 0.1) is 17.5 Å². The molecule has 2 aromatic heterocycles. The standard InChI is InChI=1S/C10H9BrN2OS/c1-13-3-6(8-2-12-5-15-8)7-4-14-10(11)9(7)13/h2,4-6H,3H2,1H3. The quantitative estimate of drug-likeness (QED) is 0.806. The predicted octanol–water partition coefficient (Wildman–Crippen LogP) is 3.08. The summed E-state index contributed by atoms with van der Waals surface area (Å²) in [5, 5.41) is 0. The van der Waals surface area contributed by atoms with E-state index < -0.39 is 0 Å². The lowest BCUT2D eigenvalue weighted by atomic mass is 10.0. The van der Waals surface area contributed by atoms with E-state index >= 15 is 0 Å². The van der Waals surface area contributed by atoms with Gasteiger partial charge in [-0.05, 0) is 15.9 Å². The lowest BCUT2D eigenvalue weighted by Crippen LogP contribution is -2.15. The van der Waals surface area contributed by atoms with Crippen molar-refractivity contribution in [3.8, 4) is 0 Å². The van der Waals surface area contributed by atoms with Crippen molar-refractivity contribution in [2.75, 3.05) is 18.5 Å². The molecule has 0 aliphatic carbocycles. The van der Waals surface area contributed by atoms with Gasteiger partial charge in [-0.3, -0.25) is 4.98 Å². The van der Waals surface area contributed by atoms with Crippen LogP contribution in [-0.2, 0) is 0 Å². The summed E-state index contributed by atoms with van der Waals surface area (Å²) in [6.07, 6.45) is 3.78. The van der Waals surface area contributed by atoms with Crippen LogP contribution in [0.15, 0.2) is 27.1 Å². The van der Waals surface area contributed by atoms with Crippen molar-refractivity contribution < 1.29 is 4.42 Å². The molecule has 15 heavy (non-hydrogen) atoms. The van der Waals surface area contributed by atoms with E-state index in [2.05, 4.69) is 32.9 Å². The third-order valence-corrected chi connectivity index (χ3v) is 4.21. The highest BCUT2D eigenvalue weighted by atomic mass is 79.9. The fourth-order valence-electron chi connectivity index (χ4n) is 2.06. The molecule has 0 spiro atoms. The van der Waals surface area contributed by atoms with Gasteiger partial charge < -0.3 is 9.32 Å². The topological polar surface area (TPSA) is 29.3 Å². The molecule has 78 valence electrons. The van der Waals surface area contributed by atoms with Crippen molar-refractivity contribution in [1.82, 2.24) is 4.98 Å². The summed E-state index contributed by atoms with van der Waals surface area (Å²) >= 11 is 5.13. The first-order chi connectivity index (χ1) is 7.27.